The van der Waals surface area contributed by atoms with Crippen LogP contribution in [0.25, 0.3) is 0 Å². The van der Waals surface area contributed by atoms with Crippen molar-refractivity contribution in [1.82, 2.24) is 10.2 Å². The van der Waals surface area contributed by atoms with Crippen LogP contribution in [-0.4, -0.2) is 46.9 Å². The fourth-order valence-corrected chi connectivity index (χ4v) is 2.07. The molecule has 1 aliphatic heterocycles. The lowest BCUT2D eigenvalue weighted by Gasteiger charge is -2.41. The second kappa shape index (κ2) is 5.81. The van der Waals surface area contributed by atoms with Crippen molar-refractivity contribution in [3.8, 4) is 0 Å². The minimum Gasteiger partial charge on any atom is -0.460 e. The molecular formula is C14H24N2O4. The molecule has 0 atom stereocenters. The lowest BCUT2D eigenvalue weighted by Crippen LogP contribution is -2.63. The Hall–Kier alpha value is -1.59. The van der Waals surface area contributed by atoms with E-state index in [0.717, 1.165) is 0 Å². The summed E-state index contributed by atoms with van der Waals surface area (Å²) in [7, 11) is 0. The van der Waals surface area contributed by atoms with E-state index in [2.05, 4.69) is 5.32 Å². The SMILES string of the molecule is CC(C)(C)OC(=O)CCC(=O)N1CCNC(=O)C1(C)C. The van der Waals surface area contributed by atoms with Gasteiger partial charge in [-0.15, -0.1) is 0 Å². The summed E-state index contributed by atoms with van der Waals surface area (Å²) in [4.78, 5) is 37.1. The number of esters is 1. The Bertz CT molecular complexity index is 410. The number of piperazine rings is 1. The Labute approximate surface area is 119 Å². The van der Waals surface area contributed by atoms with E-state index in [1.54, 1.807) is 34.6 Å². The minimum absolute atomic E-state index is 0.0320. The van der Waals surface area contributed by atoms with Crippen LogP contribution in [-0.2, 0) is 19.1 Å². The topological polar surface area (TPSA) is 75.7 Å². The number of rotatable bonds is 3. The molecule has 6 heteroatoms. The van der Waals surface area contributed by atoms with Crippen LogP contribution < -0.4 is 5.32 Å². The highest BCUT2D eigenvalue weighted by Crippen LogP contribution is 2.19. The van der Waals surface area contributed by atoms with Gasteiger partial charge < -0.3 is 15.0 Å². The van der Waals surface area contributed by atoms with E-state index in [1.165, 1.54) is 4.90 Å². The maximum atomic E-state index is 12.2. The van der Waals surface area contributed by atoms with Gasteiger partial charge in [-0.05, 0) is 34.6 Å². The summed E-state index contributed by atoms with van der Waals surface area (Å²) >= 11 is 0. The summed E-state index contributed by atoms with van der Waals surface area (Å²) in [6.07, 6.45) is 0.0932. The van der Waals surface area contributed by atoms with Gasteiger partial charge in [-0.2, -0.15) is 0 Å². The van der Waals surface area contributed by atoms with Crippen molar-refractivity contribution in [2.75, 3.05) is 13.1 Å². The van der Waals surface area contributed by atoms with Crippen LogP contribution in [0.4, 0.5) is 0 Å². The van der Waals surface area contributed by atoms with Crippen molar-refractivity contribution in [3.63, 3.8) is 0 Å². The number of nitrogens with zero attached hydrogens (tertiary/aromatic N) is 1. The second-order valence-corrected chi connectivity index (χ2v) is 6.45. The zero-order valence-electron chi connectivity index (χ0n) is 12.9. The van der Waals surface area contributed by atoms with Crippen LogP contribution in [0.5, 0.6) is 0 Å². The third kappa shape index (κ3) is 4.21. The zero-order chi connectivity index (χ0) is 15.6. The molecule has 114 valence electrons. The average molecular weight is 284 g/mol. The van der Waals surface area contributed by atoms with Gasteiger partial charge in [-0.1, -0.05) is 0 Å². The summed E-state index contributed by atoms with van der Waals surface area (Å²) in [5.41, 5.74) is -1.42. The molecule has 0 unspecified atom stereocenters. The summed E-state index contributed by atoms with van der Waals surface area (Å²) in [5.74, 6) is -0.768. The molecule has 0 spiro atoms. The summed E-state index contributed by atoms with van der Waals surface area (Å²) < 4.78 is 5.16. The molecule has 20 heavy (non-hydrogen) atoms. The highest BCUT2D eigenvalue weighted by molar-refractivity contribution is 5.92. The van der Waals surface area contributed by atoms with E-state index < -0.39 is 17.1 Å². The van der Waals surface area contributed by atoms with Gasteiger partial charge in [0.05, 0.1) is 6.42 Å². The summed E-state index contributed by atoms with van der Waals surface area (Å²) in [6, 6.07) is 0. The van der Waals surface area contributed by atoms with Gasteiger partial charge in [0.25, 0.3) is 0 Å². The highest BCUT2D eigenvalue weighted by Gasteiger charge is 2.40. The molecule has 0 aromatic rings. The first kappa shape index (κ1) is 16.5. The quantitative estimate of drug-likeness (QED) is 0.779. The van der Waals surface area contributed by atoms with E-state index in [1.807, 2.05) is 0 Å². The van der Waals surface area contributed by atoms with Crippen LogP contribution in [0.3, 0.4) is 0 Å². The van der Waals surface area contributed by atoms with E-state index in [4.69, 9.17) is 4.74 Å². The maximum Gasteiger partial charge on any atom is 0.306 e. The Morgan fingerprint density at radius 1 is 1.30 bits per heavy atom. The molecule has 1 rings (SSSR count). The van der Waals surface area contributed by atoms with Crippen molar-refractivity contribution in [1.29, 1.82) is 0 Å². The molecule has 0 aliphatic carbocycles. The smallest absolute Gasteiger partial charge is 0.306 e. The molecule has 2 amide bonds. The average Bonchev–Trinajstić information content (AvgIpc) is 2.27. The van der Waals surface area contributed by atoms with Crippen molar-refractivity contribution in [3.05, 3.63) is 0 Å². The molecular weight excluding hydrogens is 260 g/mol. The predicted molar refractivity (Wildman–Crippen MR) is 73.9 cm³/mol. The van der Waals surface area contributed by atoms with Crippen LogP contribution >= 0.6 is 0 Å². The normalized spacial score (nSPS) is 18.4. The maximum absolute atomic E-state index is 12.2. The van der Waals surface area contributed by atoms with Gasteiger partial charge in [0.1, 0.15) is 11.1 Å². The molecule has 0 aromatic carbocycles. The van der Waals surface area contributed by atoms with Crippen LogP contribution in [0, 0.1) is 0 Å². The molecule has 6 nitrogen and oxygen atoms in total. The number of nitrogens with one attached hydrogen (secondary N) is 1. The minimum atomic E-state index is -0.872. The predicted octanol–water partition coefficient (Wildman–Crippen LogP) is 0.845. The van der Waals surface area contributed by atoms with E-state index in [-0.39, 0.29) is 24.7 Å². The van der Waals surface area contributed by atoms with Gasteiger partial charge in [0.15, 0.2) is 0 Å². The van der Waals surface area contributed by atoms with Crippen LogP contribution in [0.2, 0.25) is 0 Å². The van der Waals surface area contributed by atoms with Gasteiger partial charge in [0.2, 0.25) is 11.8 Å². The van der Waals surface area contributed by atoms with Gasteiger partial charge >= 0.3 is 5.97 Å². The number of hydrogen-bond acceptors (Lipinski definition) is 4. The molecule has 1 fully saturated rings. The summed E-state index contributed by atoms with van der Waals surface area (Å²) in [6.45, 7) is 9.66. The molecule has 0 aromatic heterocycles. The zero-order valence-corrected chi connectivity index (χ0v) is 12.9. The Morgan fingerprint density at radius 3 is 2.45 bits per heavy atom. The standard InChI is InChI=1S/C14H24N2O4/c1-13(2,3)20-11(18)7-6-10(17)16-9-8-15-12(19)14(16,4)5/h6-9H2,1-5H3,(H,15,19). The van der Waals surface area contributed by atoms with Gasteiger partial charge in [-0.25, -0.2) is 0 Å². The number of carbonyl (C=O) groups excluding carboxylic acids is 3. The molecule has 0 saturated carbocycles. The monoisotopic (exact) mass is 284 g/mol. The molecule has 1 aliphatic rings. The third-order valence-corrected chi connectivity index (χ3v) is 3.12. The van der Waals surface area contributed by atoms with Crippen molar-refractivity contribution >= 4 is 17.8 Å². The van der Waals surface area contributed by atoms with Crippen LogP contribution in [0.1, 0.15) is 47.5 Å². The molecule has 1 heterocycles. The van der Waals surface area contributed by atoms with Crippen molar-refractivity contribution in [2.24, 2.45) is 0 Å². The first-order chi connectivity index (χ1) is 9.04. The molecule has 1 saturated heterocycles. The first-order valence-electron chi connectivity index (χ1n) is 6.84. The summed E-state index contributed by atoms with van der Waals surface area (Å²) in [5, 5.41) is 2.73. The van der Waals surface area contributed by atoms with Crippen LogP contribution in [0.15, 0.2) is 0 Å². The van der Waals surface area contributed by atoms with E-state index in [0.29, 0.717) is 13.1 Å². The molecule has 0 radical (unpaired) electrons. The number of carbonyl (C=O) groups is 3. The van der Waals surface area contributed by atoms with Crippen molar-refractivity contribution in [2.45, 2.75) is 58.6 Å². The first-order valence-corrected chi connectivity index (χ1v) is 6.84. The number of amides is 2. The van der Waals surface area contributed by atoms with Gasteiger partial charge in [0, 0.05) is 19.5 Å². The fourth-order valence-electron chi connectivity index (χ4n) is 2.07. The number of hydrogen-bond donors (Lipinski definition) is 1. The molecule has 0 bridgehead atoms. The fraction of sp³-hybridized carbons (Fsp3) is 0.786. The number of ether oxygens (including phenoxy) is 1. The Kier molecular flexibility index (Phi) is 4.78. The Morgan fingerprint density at radius 2 is 1.90 bits per heavy atom. The largest absolute Gasteiger partial charge is 0.460 e. The lowest BCUT2D eigenvalue weighted by atomic mass is 9.98. The molecule has 1 N–H and O–H groups in total. The van der Waals surface area contributed by atoms with E-state index in [9.17, 15) is 14.4 Å². The van der Waals surface area contributed by atoms with Crippen molar-refractivity contribution < 1.29 is 19.1 Å². The highest BCUT2D eigenvalue weighted by atomic mass is 16.6. The van der Waals surface area contributed by atoms with Gasteiger partial charge in [-0.3, -0.25) is 14.4 Å². The van der Waals surface area contributed by atoms with E-state index >= 15 is 0 Å². The lowest BCUT2D eigenvalue weighted by molar-refractivity contribution is -0.157. The third-order valence-electron chi connectivity index (χ3n) is 3.12. The Balaban J connectivity index is 2.54. The second-order valence-electron chi connectivity index (χ2n) is 6.45.